The lowest BCUT2D eigenvalue weighted by molar-refractivity contribution is -0.207. The van der Waals surface area contributed by atoms with Crippen molar-refractivity contribution in [3.8, 4) is 0 Å². The van der Waals surface area contributed by atoms with E-state index in [4.69, 9.17) is 33.2 Å². The Kier molecular flexibility index (Phi) is 47.2. The molecule has 340 valence electrons. The summed E-state index contributed by atoms with van der Waals surface area (Å²) in [7, 11) is 0. The van der Waals surface area contributed by atoms with Crippen LogP contribution in [0.5, 0.6) is 0 Å². The maximum Gasteiger partial charge on any atom is 0.180 e. The van der Waals surface area contributed by atoms with E-state index in [1.54, 1.807) is 0 Å². The molecule has 0 saturated heterocycles. The molecular formula is C50H98O7. The Hall–Kier alpha value is -0.800. The van der Waals surface area contributed by atoms with Crippen LogP contribution in [0.2, 0.25) is 0 Å². The summed E-state index contributed by atoms with van der Waals surface area (Å²) in [6.07, 6.45) is 42.6. The molecule has 57 heavy (non-hydrogen) atoms. The summed E-state index contributed by atoms with van der Waals surface area (Å²) < 4.78 is 43.5. The number of unbranched alkanes of at least 4 members (excludes halogenated alkanes) is 20. The third-order valence-electron chi connectivity index (χ3n) is 10.2. The molecule has 0 aromatic rings. The molecule has 0 bridgehead atoms. The lowest BCUT2D eigenvalue weighted by Gasteiger charge is -2.21. The Labute approximate surface area is 355 Å². The van der Waals surface area contributed by atoms with Gasteiger partial charge in [-0.2, -0.15) is 0 Å². The molecule has 0 aromatic carbocycles. The summed E-state index contributed by atoms with van der Waals surface area (Å²) in [6.45, 7) is 17.8. The quantitative estimate of drug-likeness (QED) is 0.0344. The fourth-order valence-corrected chi connectivity index (χ4v) is 6.55. The van der Waals surface area contributed by atoms with Gasteiger partial charge in [0.05, 0.1) is 0 Å². The summed E-state index contributed by atoms with van der Waals surface area (Å²) >= 11 is 0. The average Bonchev–Trinajstić information content (AvgIpc) is 3.22. The summed E-state index contributed by atoms with van der Waals surface area (Å²) in [5.74, 6) is 0. The fraction of sp³-hybridized carbons (Fsp3) is 0.920. The first-order valence-corrected chi connectivity index (χ1v) is 24.8. The first kappa shape index (κ1) is 56.2. The van der Waals surface area contributed by atoms with E-state index in [1.165, 1.54) is 103 Å². The van der Waals surface area contributed by atoms with Gasteiger partial charge in [-0.1, -0.05) is 156 Å². The van der Waals surface area contributed by atoms with Gasteiger partial charge in [0.1, 0.15) is 0 Å². The van der Waals surface area contributed by atoms with Crippen LogP contribution < -0.4 is 0 Å². The van der Waals surface area contributed by atoms with Crippen molar-refractivity contribution in [1.29, 1.82) is 0 Å². The van der Waals surface area contributed by atoms with Crippen LogP contribution in [-0.2, 0) is 33.2 Å². The highest BCUT2D eigenvalue weighted by molar-refractivity contribution is 4.90. The zero-order chi connectivity index (χ0) is 41.5. The maximum atomic E-state index is 6.36. The Morgan fingerprint density at radius 1 is 0.298 bits per heavy atom. The molecule has 7 heteroatoms. The summed E-state index contributed by atoms with van der Waals surface area (Å²) in [4.78, 5) is 0. The molecule has 0 aliphatic rings. The zero-order valence-corrected chi connectivity index (χ0v) is 38.9. The Morgan fingerprint density at radius 2 is 0.614 bits per heavy atom. The molecule has 0 radical (unpaired) electrons. The second-order valence-corrected chi connectivity index (χ2v) is 16.0. The molecule has 7 nitrogen and oxygen atoms in total. The molecule has 2 unspecified atom stereocenters. The van der Waals surface area contributed by atoms with E-state index in [9.17, 15) is 0 Å². The molecule has 0 aliphatic heterocycles. The van der Waals surface area contributed by atoms with Crippen LogP contribution in [0.1, 0.15) is 234 Å². The van der Waals surface area contributed by atoms with E-state index in [-0.39, 0.29) is 12.6 Å². The first-order valence-electron chi connectivity index (χ1n) is 24.8. The molecule has 0 fully saturated rings. The van der Waals surface area contributed by atoms with Crippen molar-refractivity contribution in [3.05, 3.63) is 24.3 Å². The van der Waals surface area contributed by atoms with E-state index in [2.05, 4.69) is 65.8 Å². The van der Waals surface area contributed by atoms with E-state index in [0.29, 0.717) is 13.2 Å². The Bertz CT molecular complexity index is 710. The lowest BCUT2D eigenvalue weighted by atomic mass is 10.1. The van der Waals surface area contributed by atoms with Crippen molar-refractivity contribution < 1.29 is 33.2 Å². The smallest absolute Gasteiger partial charge is 0.180 e. The van der Waals surface area contributed by atoms with Crippen molar-refractivity contribution in [2.24, 2.45) is 0 Å². The van der Waals surface area contributed by atoms with Crippen LogP contribution in [0.25, 0.3) is 0 Å². The molecule has 0 aliphatic carbocycles. The van der Waals surface area contributed by atoms with Crippen LogP contribution in [0.4, 0.5) is 0 Å². The number of ether oxygens (including phenoxy) is 7. The van der Waals surface area contributed by atoms with Gasteiger partial charge in [-0.3, -0.25) is 0 Å². The molecule has 2 atom stereocenters. The fourth-order valence-electron chi connectivity index (χ4n) is 6.55. The third-order valence-corrected chi connectivity index (χ3v) is 10.2. The Balaban J connectivity index is 4.88. The maximum absolute atomic E-state index is 6.36. The molecule has 0 N–H and O–H groups in total. The molecular weight excluding hydrogens is 713 g/mol. The van der Waals surface area contributed by atoms with Crippen LogP contribution in [-0.4, -0.2) is 64.8 Å². The standard InChI is InChI=1S/C50H98O7/c1-7-13-17-25-33-43-53-47(54-44-34-26-18-14-8-2)37-29-21-23-31-39-49(51-41-11-5)57-50(52-42-12-6)40-32-24-22-30-38-48(55-45-35-27-19-15-9-3)56-46-36-28-20-16-10-4/h31-32,39-40,47-50H,7-30,33-38,41-46H2,1-6H3. The van der Waals surface area contributed by atoms with Gasteiger partial charge < -0.3 is 33.2 Å². The van der Waals surface area contributed by atoms with Crippen molar-refractivity contribution >= 4 is 0 Å². The van der Waals surface area contributed by atoms with E-state index in [0.717, 1.165) is 116 Å². The van der Waals surface area contributed by atoms with E-state index in [1.807, 2.05) is 0 Å². The van der Waals surface area contributed by atoms with Crippen molar-refractivity contribution in [1.82, 2.24) is 0 Å². The minimum atomic E-state index is -0.435. The molecule has 0 heterocycles. The largest absolute Gasteiger partial charge is 0.353 e. The Morgan fingerprint density at radius 3 is 0.912 bits per heavy atom. The van der Waals surface area contributed by atoms with Gasteiger partial charge in [0, 0.05) is 39.6 Å². The van der Waals surface area contributed by atoms with Crippen molar-refractivity contribution in [2.75, 3.05) is 39.6 Å². The highest BCUT2D eigenvalue weighted by Crippen LogP contribution is 2.16. The van der Waals surface area contributed by atoms with Gasteiger partial charge in [-0.25, -0.2) is 0 Å². The van der Waals surface area contributed by atoms with Crippen molar-refractivity contribution in [3.63, 3.8) is 0 Å². The SMILES string of the molecule is CCCCCCCOC(CCCCC=CC(OCCC)OC(C=CCCCCC(OCCCCCCC)OCCCCCCC)OCCC)OCCCCCCC. The van der Waals surface area contributed by atoms with Gasteiger partial charge in [0.2, 0.25) is 0 Å². The zero-order valence-electron chi connectivity index (χ0n) is 38.9. The van der Waals surface area contributed by atoms with Gasteiger partial charge >= 0.3 is 0 Å². The summed E-state index contributed by atoms with van der Waals surface area (Å²) in [5, 5.41) is 0. The van der Waals surface area contributed by atoms with Crippen LogP contribution in [0.15, 0.2) is 24.3 Å². The van der Waals surface area contributed by atoms with Crippen LogP contribution in [0.3, 0.4) is 0 Å². The predicted molar refractivity (Wildman–Crippen MR) is 243 cm³/mol. The normalized spacial score (nSPS) is 13.3. The monoisotopic (exact) mass is 811 g/mol. The third kappa shape index (κ3) is 41.7. The molecule has 0 saturated carbocycles. The number of hydrogen-bond donors (Lipinski definition) is 0. The average molecular weight is 811 g/mol. The van der Waals surface area contributed by atoms with Crippen molar-refractivity contribution in [2.45, 2.75) is 259 Å². The molecule has 0 rings (SSSR count). The van der Waals surface area contributed by atoms with Gasteiger partial charge in [0.25, 0.3) is 0 Å². The highest BCUT2D eigenvalue weighted by atomic mass is 16.8. The number of allylic oxidation sites excluding steroid dienone is 2. The van der Waals surface area contributed by atoms with Crippen LogP contribution >= 0.6 is 0 Å². The number of rotatable bonds is 48. The second-order valence-electron chi connectivity index (χ2n) is 16.0. The molecule has 0 spiro atoms. The van der Waals surface area contributed by atoms with Gasteiger partial charge in [0.15, 0.2) is 25.2 Å². The predicted octanol–water partition coefficient (Wildman–Crippen LogP) is 15.3. The second kappa shape index (κ2) is 47.9. The summed E-state index contributed by atoms with van der Waals surface area (Å²) in [6, 6.07) is 0. The van der Waals surface area contributed by atoms with Gasteiger partial charge in [-0.05, 0) is 102 Å². The molecule has 0 aromatic heterocycles. The topological polar surface area (TPSA) is 64.6 Å². The van der Waals surface area contributed by atoms with Gasteiger partial charge in [-0.15, -0.1) is 0 Å². The van der Waals surface area contributed by atoms with Crippen LogP contribution in [0, 0.1) is 0 Å². The minimum Gasteiger partial charge on any atom is -0.353 e. The first-order chi connectivity index (χ1) is 28.1. The summed E-state index contributed by atoms with van der Waals surface area (Å²) in [5.41, 5.74) is 0. The number of hydrogen-bond acceptors (Lipinski definition) is 7. The minimum absolute atomic E-state index is 0.0862. The van der Waals surface area contributed by atoms with E-state index >= 15 is 0 Å². The van der Waals surface area contributed by atoms with E-state index < -0.39 is 12.6 Å². The molecule has 0 amide bonds. The highest BCUT2D eigenvalue weighted by Gasteiger charge is 2.14. The lowest BCUT2D eigenvalue weighted by Crippen LogP contribution is -2.25.